The van der Waals surface area contributed by atoms with Crippen LogP contribution >= 0.6 is 11.8 Å². The lowest BCUT2D eigenvalue weighted by Crippen LogP contribution is -2.54. The first-order chi connectivity index (χ1) is 9.00. The average Bonchev–Trinajstić information content (AvgIpc) is 2.86. The van der Waals surface area contributed by atoms with Crippen molar-refractivity contribution in [2.45, 2.75) is 51.6 Å². The molecule has 4 unspecified atom stereocenters. The summed E-state index contributed by atoms with van der Waals surface area (Å²) in [5.41, 5.74) is 0.261. The summed E-state index contributed by atoms with van der Waals surface area (Å²) in [5, 5.41) is 9.68. The maximum Gasteiger partial charge on any atom is 0.321 e. The fraction of sp³-hybridized carbons (Fsp3) is 0.933. The van der Waals surface area contributed by atoms with Crippen LogP contribution in [0, 0.1) is 17.3 Å². The monoisotopic (exact) mass is 283 g/mol. The molecule has 2 aliphatic heterocycles. The molecule has 3 rings (SSSR count). The summed E-state index contributed by atoms with van der Waals surface area (Å²) in [5.74, 6) is 2.81. The highest BCUT2D eigenvalue weighted by molar-refractivity contribution is 7.99. The summed E-state index contributed by atoms with van der Waals surface area (Å²) in [6, 6.07) is 0.230. The van der Waals surface area contributed by atoms with Gasteiger partial charge < -0.3 is 5.11 Å². The van der Waals surface area contributed by atoms with Gasteiger partial charge in [0.1, 0.15) is 6.04 Å². The van der Waals surface area contributed by atoms with E-state index < -0.39 is 5.97 Å². The molecular weight excluding hydrogens is 258 g/mol. The first-order valence-corrected chi connectivity index (χ1v) is 8.72. The van der Waals surface area contributed by atoms with E-state index in [2.05, 4.69) is 18.7 Å². The van der Waals surface area contributed by atoms with Crippen LogP contribution in [0.5, 0.6) is 0 Å². The van der Waals surface area contributed by atoms with Crippen LogP contribution in [-0.2, 0) is 4.79 Å². The molecule has 1 saturated carbocycles. The number of nitrogens with zero attached hydrogens (tertiary/aromatic N) is 1. The molecule has 3 aliphatic rings. The van der Waals surface area contributed by atoms with Crippen molar-refractivity contribution in [3.8, 4) is 0 Å². The lowest BCUT2D eigenvalue weighted by atomic mass is 9.81. The summed E-state index contributed by atoms with van der Waals surface area (Å²) in [6.45, 7) is 5.67. The van der Waals surface area contributed by atoms with Gasteiger partial charge in [-0.1, -0.05) is 20.3 Å². The van der Waals surface area contributed by atoms with Gasteiger partial charge in [0.05, 0.1) is 0 Å². The number of carboxylic acids is 1. The lowest BCUT2D eigenvalue weighted by molar-refractivity contribution is -0.145. The fourth-order valence-electron chi connectivity index (χ4n) is 4.45. The minimum absolute atomic E-state index is 0.213. The van der Waals surface area contributed by atoms with Crippen molar-refractivity contribution in [2.24, 2.45) is 17.3 Å². The van der Waals surface area contributed by atoms with Crippen molar-refractivity contribution in [2.75, 3.05) is 18.1 Å². The Morgan fingerprint density at radius 3 is 2.84 bits per heavy atom. The van der Waals surface area contributed by atoms with E-state index in [1.165, 1.54) is 25.0 Å². The molecule has 0 amide bonds. The molecule has 1 N–H and O–H groups in total. The number of carbonyl (C=O) groups is 1. The van der Waals surface area contributed by atoms with Gasteiger partial charge in [0, 0.05) is 18.3 Å². The minimum atomic E-state index is -0.583. The quantitative estimate of drug-likeness (QED) is 0.846. The number of rotatable bonds is 2. The standard InChI is InChI=1S/C15H25NO2S/c1-15(2)6-7-19-9-12(15)16-8-10-4-3-5-11(10)13(16)14(17)18/h10-13H,3-9H2,1-2H3,(H,17,18). The second-order valence-corrected chi connectivity index (χ2v) is 8.31. The molecule has 3 fully saturated rings. The third kappa shape index (κ3) is 2.31. The number of hydrogen-bond acceptors (Lipinski definition) is 3. The molecule has 4 heteroatoms. The smallest absolute Gasteiger partial charge is 0.321 e. The molecule has 108 valence electrons. The van der Waals surface area contributed by atoms with E-state index in [0.717, 1.165) is 18.7 Å². The van der Waals surface area contributed by atoms with E-state index in [9.17, 15) is 9.90 Å². The zero-order valence-corrected chi connectivity index (χ0v) is 12.8. The fourth-order valence-corrected chi connectivity index (χ4v) is 6.15. The second-order valence-electron chi connectivity index (χ2n) is 7.16. The van der Waals surface area contributed by atoms with Crippen molar-refractivity contribution in [1.82, 2.24) is 4.90 Å². The third-order valence-electron chi connectivity index (χ3n) is 5.65. The topological polar surface area (TPSA) is 40.5 Å². The Morgan fingerprint density at radius 2 is 2.16 bits per heavy atom. The summed E-state index contributed by atoms with van der Waals surface area (Å²) in [6.07, 6.45) is 4.81. The molecule has 0 aromatic carbocycles. The predicted molar refractivity (Wildman–Crippen MR) is 78.5 cm³/mol. The predicted octanol–water partition coefficient (Wildman–Crippen LogP) is 2.70. The number of fused-ring (bicyclic) bond motifs is 1. The van der Waals surface area contributed by atoms with Crippen LogP contribution in [0.3, 0.4) is 0 Å². The Bertz CT molecular complexity index is 371. The van der Waals surface area contributed by atoms with Crippen molar-refractivity contribution in [3.63, 3.8) is 0 Å². The summed E-state index contributed by atoms with van der Waals surface area (Å²) in [7, 11) is 0. The number of aliphatic carboxylic acids is 1. The van der Waals surface area contributed by atoms with E-state index in [1.807, 2.05) is 11.8 Å². The maximum absolute atomic E-state index is 11.8. The van der Waals surface area contributed by atoms with Gasteiger partial charge in [-0.2, -0.15) is 11.8 Å². The highest BCUT2D eigenvalue weighted by Gasteiger charge is 2.52. The SMILES string of the molecule is CC1(C)CCSCC1N1CC2CCCC2C1C(=O)O. The highest BCUT2D eigenvalue weighted by atomic mass is 32.2. The van der Waals surface area contributed by atoms with Crippen molar-refractivity contribution in [1.29, 1.82) is 0 Å². The molecule has 3 nitrogen and oxygen atoms in total. The van der Waals surface area contributed by atoms with Crippen LogP contribution in [-0.4, -0.2) is 46.1 Å². The largest absolute Gasteiger partial charge is 0.480 e. The van der Waals surface area contributed by atoms with E-state index >= 15 is 0 Å². The highest BCUT2D eigenvalue weighted by Crippen LogP contribution is 2.47. The molecule has 0 spiro atoms. The summed E-state index contributed by atoms with van der Waals surface area (Å²) < 4.78 is 0. The van der Waals surface area contributed by atoms with Crippen molar-refractivity contribution >= 4 is 17.7 Å². The number of hydrogen-bond donors (Lipinski definition) is 1. The zero-order chi connectivity index (χ0) is 13.6. The molecule has 0 radical (unpaired) electrons. The molecule has 0 aromatic heterocycles. The first-order valence-electron chi connectivity index (χ1n) is 7.57. The Hall–Kier alpha value is -0.220. The average molecular weight is 283 g/mol. The maximum atomic E-state index is 11.8. The van der Waals surface area contributed by atoms with Crippen LogP contribution < -0.4 is 0 Å². The first kappa shape index (κ1) is 13.7. The van der Waals surface area contributed by atoms with E-state index in [1.54, 1.807) is 0 Å². The van der Waals surface area contributed by atoms with Gasteiger partial charge in [-0.3, -0.25) is 9.69 Å². The normalized spacial score (nSPS) is 42.2. The van der Waals surface area contributed by atoms with E-state index in [4.69, 9.17) is 0 Å². The molecule has 2 heterocycles. The van der Waals surface area contributed by atoms with E-state index in [0.29, 0.717) is 17.9 Å². The van der Waals surface area contributed by atoms with Gasteiger partial charge in [0.15, 0.2) is 0 Å². The second kappa shape index (κ2) is 4.96. The van der Waals surface area contributed by atoms with Crippen molar-refractivity contribution in [3.05, 3.63) is 0 Å². The van der Waals surface area contributed by atoms with Crippen LogP contribution in [0.4, 0.5) is 0 Å². The van der Waals surface area contributed by atoms with E-state index in [-0.39, 0.29) is 11.5 Å². The van der Waals surface area contributed by atoms with Crippen LogP contribution in [0.1, 0.15) is 39.5 Å². The molecule has 2 saturated heterocycles. The molecule has 0 aromatic rings. The Kier molecular flexibility index (Phi) is 3.59. The van der Waals surface area contributed by atoms with Gasteiger partial charge in [-0.25, -0.2) is 0 Å². The summed E-state index contributed by atoms with van der Waals surface area (Å²) in [4.78, 5) is 14.1. The summed E-state index contributed by atoms with van der Waals surface area (Å²) >= 11 is 2.00. The van der Waals surface area contributed by atoms with Gasteiger partial charge in [-0.05, 0) is 42.3 Å². The van der Waals surface area contributed by atoms with Gasteiger partial charge in [0.25, 0.3) is 0 Å². The van der Waals surface area contributed by atoms with Gasteiger partial charge in [0.2, 0.25) is 0 Å². The van der Waals surface area contributed by atoms with Crippen molar-refractivity contribution < 1.29 is 9.90 Å². The van der Waals surface area contributed by atoms with Crippen LogP contribution in [0.2, 0.25) is 0 Å². The van der Waals surface area contributed by atoms with Crippen LogP contribution in [0.15, 0.2) is 0 Å². The van der Waals surface area contributed by atoms with Gasteiger partial charge in [-0.15, -0.1) is 0 Å². The number of thioether (sulfide) groups is 1. The minimum Gasteiger partial charge on any atom is -0.480 e. The number of carboxylic acid groups (broad SMARTS) is 1. The number of likely N-dealkylation sites (tertiary alicyclic amines) is 1. The Balaban J connectivity index is 1.84. The Labute approximate surface area is 120 Å². The Morgan fingerprint density at radius 1 is 1.37 bits per heavy atom. The molecule has 1 aliphatic carbocycles. The molecular formula is C15H25NO2S. The molecule has 0 bridgehead atoms. The molecule has 19 heavy (non-hydrogen) atoms. The van der Waals surface area contributed by atoms with Gasteiger partial charge >= 0.3 is 5.97 Å². The zero-order valence-electron chi connectivity index (χ0n) is 12.0. The molecule has 4 atom stereocenters. The lowest BCUT2D eigenvalue weighted by Gasteiger charge is -2.45. The third-order valence-corrected chi connectivity index (χ3v) is 6.69. The van der Waals surface area contributed by atoms with Crippen LogP contribution in [0.25, 0.3) is 0 Å².